The van der Waals surface area contributed by atoms with E-state index in [1.807, 2.05) is 0 Å². The molecule has 0 saturated heterocycles. The number of carbonyl (C=O) groups excluding carboxylic acids is 1. The van der Waals surface area contributed by atoms with Gasteiger partial charge in [0.05, 0.1) is 0 Å². The maximum absolute atomic E-state index is 10.8. The third-order valence-corrected chi connectivity index (χ3v) is 2.55. The van der Waals surface area contributed by atoms with Gasteiger partial charge in [-0.1, -0.05) is 40.2 Å². The fourth-order valence-electron chi connectivity index (χ4n) is 1.48. The molecule has 15 heavy (non-hydrogen) atoms. The Morgan fingerprint density at radius 3 is 2.13 bits per heavy atom. The highest BCUT2D eigenvalue weighted by Gasteiger charge is 1.99. The average Bonchev–Trinajstić information content (AvgIpc) is 2.16. The molecule has 0 atom stereocenters. The molecule has 0 radical (unpaired) electrons. The lowest BCUT2D eigenvalue weighted by Crippen LogP contribution is -1.92. The SMILES string of the molecule is CC(C)CCC/C=C(\C=O)CCC(C)C. The van der Waals surface area contributed by atoms with Crippen LogP contribution in [0.2, 0.25) is 0 Å². The molecule has 0 aromatic carbocycles. The van der Waals surface area contributed by atoms with E-state index in [0.717, 1.165) is 37.0 Å². The molecule has 1 nitrogen and oxygen atoms in total. The smallest absolute Gasteiger partial charge is 0.145 e. The molecule has 88 valence electrons. The van der Waals surface area contributed by atoms with Crippen molar-refractivity contribution >= 4 is 6.29 Å². The molecule has 0 bridgehead atoms. The Kier molecular flexibility index (Phi) is 8.35. The van der Waals surface area contributed by atoms with E-state index in [9.17, 15) is 4.79 Å². The maximum atomic E-state index is 10.8. The first-order valence-corrected chi connectivity index (χ1v) is 6.20. The van der Waals surface area contributed by atoms with Gasteiger partial charge in [0.15, 0.2) is 0 Å². The van der Waals surface area contributed by atoms with Crippen molar-refractivity contribution in [3.05, 3.63) is 11.6 Å². The second kappa shape index (κ2) is 8.70. The fraction of sp³-hybridized carbons (Fsp3) is 0.786. The van der Waals surface area contributed by atoms with Crippen molar-refractivity contribution in [2.45, 2.75) is 59.8 Å². The van der Waals surface area contributed by atoms with E-state index in [1.165, 1.54) is 12.8 Å². The largest absolute Gasteiger partial charge is 0.298 e. The zero-order valence-corrected chi connectivity index (χ0v) is 10.8. The molecule has 0 spiro atoms. The maximum Gasteiger partial charge on any atom is 0.145 e. The van der Waals surface area contributed by atoms with Crippen molar-refractivity contribution in [1.29, 1.82) is 0 Å². The minimum atomic E-state index is 0.684. The molecule has 0 N–H and O–H groups in total. The van der Waals surface area contributed by atoms with E-state index in [2.05, 4.69) is 33.8 Å². The summed E-state index contributed by atoms with van der Waals surface area (Å²) in [7, 11) is 0. The third kappa shape index (κ3) is 9.71. The van der Waals surface area contributed by atoms with E-state index in [4.69, 9.17) is 0 Å². The molecule has 0 amide bonds. The number of aldehydes is 1. The Bertz CT molecular complexity index is 190. The molecule has 0 unspecified atom stereocenters. The van der Waals surface area contributed by atoms with E-state index >= 15 is 0 Å². The lowest BCUT2D eigenvalue weighted by Gasteiger charge is -2.04. The van der Waals surface area contributed by atoms with Crippen LogP contribution in [0.5, 0.6) is 0 Å². The van der Waals surface area contributed by atoms with Crippen LogP contribution in [0.3, 0.4) is 0 Å². The number of hydrogen-bond acceptors (Lipinski definition) is 1. The lowest BCUT2D eigenvalue weighted by molar-refractivity contribution is -0.105. The van der Waals surface area contributed by atoms with Gasteiger partial charge in [-0.3, -0.25) is 4.79 Å². The van der Waals surface area contributed by atoms with Gasteiger partial charge in [0.1, 0.15) is 6.29 Å². The minimum Gasteiger partial charge on any atom is -0.298 e. The van der Waals surface area contributed by atoms with Crippen molar-refractivity contribution in [3.8, 4) is 0 Å². The second-order valence-corrected chi connectivity index (χ2v) is 5.15. The number of unbranched alkanes of at least 4 members (excludes halogenated alkanes) is 1. The van der Waals surface area contributed by atoms with Crippen LogP contribution >= 0.6 is 0 Å². The molecule has 0 rings (SSSR count). The van der Waals surface area contributed by atoms with Gasteiger partial charge >= 0.3 is 0 Å². The van der Waals surface area contributed by atoms with E-state index in [0.29, 0.717) is 5.92 Å². The van der Waals surface area contributed by atoms with Crippen LogP contribution in [0.1, 0.15) is 59.8 Å². The first-order valence-electron chi connectivity index (χ1n) is 6.20. The Balaban J connectivity index is 3.74. The van der Waals surface area contributed by atoms with Gasteiger partial charge in [-0.15, -0.1) is 0 Å². The molecule has 0 heterocycles. The first-order chi connectivity index (χ1) is 7.06. The van der Waals surface area contributed by atoms with Gasteiger partial charge in [0.2, 0.25) is 0 Å². The molecule has 0 aromatic rings. The summed E-state index contributed by atoms with van der Waals surface area (Å²) in [6, 6.07) is 0. The molecule has 0 fully saturated rings. The monoisotopic (exact) mass is 210 g/mol. The summed E-state index contributed by atoms with van der Waals surface area (Å²) in [4.78, 5) is 10.8. The molecule has 0 aliphatic rings. The first kappa shape index (κ1) is 14.4. The van der Waals surface area contributed by atoms with Gasteiger partial charge in [-0.25, -0.2) is 0 Å². The predicted octanol–water partition coefficient (Wildman–Crippen LogP) is 4.37. The van der Waals surface area contributed by atoms with Crippen LogP contribution in [0, 0.1) is 11.8 Å². The number of rotatable bonds is 8. The summed E-state index contributed by atoms with van der Waals surface area (Å²) in [6.07, 6.45) is 8.74. The van der Waals surface area contributed by atoms with Crippen molar-refractivity contribution in [2.75, 3.05) is 0 Å². The Labute approximate surface area is 95.0 Å². The van der Waals surface area contributed by atoms with E-state index < -0.39 is 0 Å². The summed E-state index contributed by atoms with van der Waals surface area (Å²) in [6.45, 7) is 8.87. The Morgan fingerprint density at radius 1 is 1.07 bits per heavy atom. The number of hydrogen-bond donors (Lipinski definition) is 0. The van der Waals surface area contributed by atoms with Gasteiger partial charge in [0.25, 0.3) is 0 Å². The van der Waals surface area contributed by atoms with Crippen molar-refractivity contribution in [1.82, 2.24) is 0 Å². The summed E-state index contributed by atoms with van der Waals surface area (Å²) in [5.74, 6) is 1.46. The van der Waals surface area contributed by atoms with Gasteiger partial charge in [-0.2, -0.15) is 0 Å². The summed E-state index contributed by atoms with van der Waals surface area (Å²) in [5, 5.41) is 0. The predicted molar refractivity (Wildman–Crippen MR) is 66.9 cm³/mol. The minimum absolute atomic E-state index is 0.684. The van der Waals surface area contributed by atoms with Crippen LogP contribution in [-0.2, 0) is 4.79 Å². The molecule has 1 heteroatoms. The quantitative estimate of drug-likeness (QED) is 0.330. The third-order valence-electron chi connectivity index (χ3n) is 2.55. The van der Waals surface area contributed by atoms with Gasteiger partial charge in [-0.05, 0) is 43.1 Å². The van der Waals surface area contributed by atoms with E-state index in [1.54, 1.807) is 0 Å². The standard InChI is InChI=1S/C14H26O/c1-12(2)7-5-6-8-14(11-15)10-9-13(3)4/h8,11-13H,5-7,9-10H2,1-4H3/b14-8-. The summed E-state index contributed by atoms with van der Waals surface area (Å²) < 4.78 is 0. The summed E-state index contributed by atoms with van der Waals surface area (Å²) >= 11 is 0. The highest BCUT2D eigenvalue weighted by atomic mass is 16.1. The van der Waals surface area contributed by atoms with Crippen molar-refractivity contribution < 1.29 is 4.79 Å². The van der Waals surface area contributed by atoms with Crippen molar-refractivity contribution in [2.24, 2.45) is 11.8 Å². The highest BCUT2D eigenvalue weighted by Crippen LogP contribution is 2.12. The fourth-order valence-corrected chi connectivity index (χ4v) is 1.48. The van der Waals surface area contributed by atoms with Crippen LogP contribution in [0.25, 0.3) is 0 Å². The van der Waals surface area contributed by atoms with Gasteiger partial charge < -0.3 is 0 Å². The molecular formula is C14H26O. The molecule has 0 saturated carbocycles. The Hall–Kier alpha value is -0.590. The van der Waals surface area contributed by atoms with Crippen LogP contribution in [0.15, 0.2) is 11.6 Å². The number of carbonyl (C=O) groups is 1. The molecule has 0 aromatic heterocycles. The lowest BCUT2D eigenvalue weighted by atomic mass is 10.0. The highest BCUT2D eigenvalue weighted by molar-refractivity contribution is 5.72. The van der Waals surface area contributed by atoms with Crippen molar-refractivity contribution in [3.63, 3.8) is 0 Å². The van der Waals surface area contributed by atoms with Crippen LogP contribution in [0.4, 0.5) is 0 Å². The zero-order chi connectivity index (χ0) is 11.7. The topological polar surface area (TPSA) is 17.1 Å². The molecular weight excluding hydrogens is 184 g/mol. The summed E-state index contributed by atoms with van der Waals surface area (Å²) in [5.41, 5.74) is 0.993. The number of allylic oxidation sites excluding steroid dienone is 2. The zero-order valence-electron chi connectivity index (χ0n) is 10.8. The van der Waals surface area contributed by atoms with Crippen LogP contribution < -0.4 is 0 Å². The van der Waals surface area contributed by atoms with E-state index in [-0.39, 0.29) is 0 Å². The van der Waals surface area contributed by atoms with Crippen LogP contribution in [-0.4, -0.2) is 6.29 Å². The normalized spacial score (nSPS) is 12.5. The molecule has 0 aliphatic heterocycles. The average molecular weight is 210 g/mol. The molecule has 0 aliphatic carbocycles. The Morgan fingerprint density at radius 2 is 1.67 bits per heavy atom. The van der Waals surface area contributed by atoms with Gasteiger partial charge in [0, 0.05) is 0 Å². The second-order valence-electron chi connectivity index (χ2n) is 5.15.